The largest absolute Gasteiger partial charge is 0.497 e. The van der Waals surface area contributed by atoms with E-state index >= 15 is 0 Å². The molecule has 0 aliphatic heterocycles. The van der Waals surface area contributed by atoms with E-state index in [0.29, 0.717) is 18.1 Å². The molecule has 1 aliphatic rings. The fourth-order valence-electron chi connectivity index (χ4n) is 3.94. The van der Waals surface area contributed by atoms with Gasteiger partial charge in [0.2, 0.25) is 0 Å². The fourth-order valence-corrected chi connectivity index (χ4v) is 3.94. The van der Waals surface area contributed by atoms with Crippen LogP contribution in [0.25, 0.3) is 11.6 Å². The van der Waals surface area contributed by atoms with Crippen LogP contribution in [0, 0.1) is 5.92 Å². The number of carbonyl (C=O) groups excluding carboxylic acids is 1. The zero-order valence-electron chi connectivity index (χ0n) is 18.4. The Balaban J connectivity index is 1.95. The van der Waals surface area contributed by atoms with Gasteiger partial charge in [-0.05, 0) is 86.3 Å². The normalized spacial score (nSPS) is 17.7. The Kier molecular flexibility index (Phi) is 7.47. The van der Waals surface area contributed by atoms with Gasteiger partial charge in [0.25, 0.3) is 0 Å². The summed E-state index contributed by atoms with van der Waals surface area (Å²) in [6.07, 6.45) is 6.58. The average Bonchev–Trinajstić information content (AvgIpc) is 2.75. The standard InChI is InChI=1S/C26H31NO3/c1-5-30-26(28)22-10-6-8-19(15-22)14-20-12-13-23(18-27(2)3)25(16-20)21-9-7-11-24(17-21)29-4/h6-11,14-17,23H,5,12-13,18H2,1-4H3. The lowest BCUT2D eigenvalue weighted by Gasteiger charge is -2.28. The van der Waals surface area contributed by atoms with Gasteiger partial charge in [-0.3, -0.25) is 0 Å². The quantitative estimate of drug-likeness (QED) is 0.585. The first-order chi connectivity index (χ1) is 14.5. The third-order valence-corrected chi connectivity index (χ3v) is 5.30. The van der Waals surface area contributed by atoms with Gasteiger partial charge in [-0.1, -0.05) is 36.4 Å². The molecule has 1 aliphatic carbocycles. The number of nitrogens with zero attached hydrogens (tertiary/aromatic N) is 1. The van der Waals surface area contributed by atoms with Crippen LogP contribution in [0.2, 0.25) is 0 Å². The molecule has 1 unspecified atom stereocenters. The molecule has 4 nitrogen and oxygen atoms in total. The maximum absolute atomic E-state index is 12.1. The molecule has 0 aromatic heterocycles. The average molecular weight is 406 g/mol. The number of methoxy groups -OCH3 is 1. The molecule has 0 bridgehead atoms. The number of ether oxygens (including phenoxy) is 2. The molecule has 2 aromatic rings. The highest BCUT2D eigenvalue weighted by molar-refractivity contribution is 5.90. The number of esters is 1. The van der Waals surface area contributed by atoms with Crippen LogP contribution in [0.4, 0.5) is 0 Å². The third-order valence-electron chi connectivity index (χ3n) is 5.30. The summed E-state index contributed by atoms with van der Waals surface area (Å²) in [5, 5.41) is 0. The Morgan fingerprint density at radius 3 is 2.70 bits per heavy atom. The number of benzene rings is 2. The van der Waals surface area contributed by atoms with Crippen LogP contribution in [0.1, 0.15) is 41.3 Å². The van der Waals surface area contributed by atoms with Crippen molar-refractivity contribution in [1.82, 2.24) is 4.90 Å². The Bertz CT molecular complexity index is 943. The lowest BCUT2D eigenvalue weighted by atomic mass is 9.81. The van der Waals surface area contributed by atoms with Crippen molar-refractivity contribution in [3.63, 3.8) is 0 Å². The molecule has 0 spiro atoms. The molecule has 1 atom stereocenters. The van der Waals surface area contributed by atoms with Gasteiger partial charge in [-0.2, -0.15) is 0 Å². The minimum atomic E-state index is -0.278. The van der Waals surface area contributed by atoms with E-state index in [0.717, 1.165) is 30.7 Å². The van der Waals surface area contributed by atoms with Crippen molar-refractivity contribution in [2.75, 3.05) is 34.4 Å². The summed E-state index contributed by atoms with van der Waals surface area (Å²) in [4.78, 5) is 14.3. The molecule has 2 aromatic carbocycles. The van der Waals surface area contributed by atoms with E-state index in [1.165, 1.54) is 16.7 Å². The van der Waals surface area contributed by atoms with Gasteiger partial charge >= 0.3 is 5.97 Å². The zero-order valence-corrected chi connectivity index (χ0v) is 18.4. The van der Waals surface area contributed by atoms with Crippen molar-refractivity contribution in [3.05, 3.63) is 76.9 Å². The Morgan fingerprint density at radius 1 is 1.17 bits per heavy atom. The van der Waals surface area contributed by atoms with E-state index in [9.17, 15) is 4.79 Å². The Labute approximate surface area is 179 Å². The molecule has 30 heavy (non-hydrogen) atoms. The van der Waals surface area contributed by atoms with E-state index < -0.39 is 0 Å². The Hall–Kier alpha value is -2.85. The zero-order chi connectivity index (χ0) is 21.5. The van der Waals surface area contributed by atoms with Crippen molar-refractivity contribution >= 4 is 17.6 Å². The first kappa shape index (κ1) is 21.8. The number of rotatable bonds is 7. The molecule has 0 radical (unpaired) electrons. The van der Waals surface area contributed by atoms with Crippen molar-refractivity contribution in [2.24, 2.45) is 5.92 Å². The minimum Gasteiger partial charge on any atom is -0.497 e. The highest BCUT2D eigenvalue weighted by Crippen LogP contribution is 2.37. The van der Waals surface area contributed by atoms with Crippen LogP contribution in [0.5, 0.6) is 5.75 Å². The van der Waals surface area contributed by atoms with E-state index in [4.69, 9.17) is 9.47 Å². The molecule has 0 N–H and O–H groups in total. The van der Waals surface area contributed by atoms with E-state index in [2.05, 4.69) is 43.3 Å². The second kappa shape index (κ2) is 10.3. The fraction of sp³-hybridized carbons (Fsp3) is 0.346. The summed E-state index contributed by atoms with van der Waals surface area (Å²) in [7, 11) is 5.94. The summed E-state index contributed by atoms with van der Waals surface area (Å²) in [6.45, 7) is 3.21. The summed E-state index contributed by atoms with van der Waals surface area (Å²) < 4.78 is 10.6. The number of hydrogen-bond donors (Lipinski definition) is 0. The number of allylic oxidation sites excluding steroid dienone is 2. The summed E-state index contributed by atoms with van der Waals surface area (Å²) in [6, 6.07) is 15.9. The second-order valence-corrected chi connectivity index (χ2v) is 7.89. The lowest BCUT2D eigenvalue weighted by Crippen LogP contribution is -2.24. The number of carbonyl (C=O) groups is 1. The monoisotopic (exact) mass is 405 g/mol. The van der Waals surface area contributed by atoms with Gasteiger partial charge in [0.15, 0.2) is 0 Å². The molecule has 3 rings (SSSR count). The van der Waals surface area contributed by atoms with Crippen LogP contribution in [0.15, 0.2) is 60.2 Å². The van der Waals surface area contributed by atoms with Crippen LogP contribution in [-0.4, -0.2) is 45.2 Å². The predicted octanol–water partition coefficient (Wildman–Crippen LogP) is 5.31. The molecular formula is C26H31NO3. The lowest BCUT2D eigenvalue weighted by molar-refractivity contribution is 0.0526. The van der Waals surface area contributed by atoms with Gasteiger partial charge in [0, 0.05) is 6.54 Å². The van der Waals surface area contributed by atoms with Gasteiger partial charge in [0.1, 0.15) is 5.75 Å². The van der Waals surface area contributed by atoms with Gasteiger partial charge in [-0.25, -0.2) is 4.79 Å². The topological polar surface area (TPSA) is 38.8 Å². The van der Waals surface area contributed by atoms with Crippen LogP contribution < -0.4 is 4.74 Å². The first-order valence-electron chi connectivity index (χ1n) is 10.5. The molecule has 158 valence electrons. The van der Waals surface area contributed by atoms with E-state index in [-0.39, 0.29) is 5.97 Å². The van der Waals surface area contributed by atoms with Crippen LogP contribution >= 0.6 is 0 Å². The highest BCUT2D eigenvalue weighted by atomic mass is 16.5. The molecule has 0 heterocycles. The second-order valence-electron chi connectivity index (χ2n) is 7.89. The molecular weight excluding hydrogens is 374 g/mol. The first-order valence-corrected chi connectivity index (χ1v) is 10.5. The van der Waals surface area contributed by atoms with Crippen LogP contribution in [0.3, 0.4) is 0 Å². The predicted molar refractivity (Wildman–Crippen MR) is 123 cm³/mol. The summed E-state index contributed by atoms with van der Waals surface area (Å²) in [5.74, 6) is 1.06. The van der Waals surface area contributed by atoms with Crippen molar-refractivity contribution in [3.8, 4) is 5.75 Å². The molecule has 0 amide bonds. The molecule has 0 saturated carbocycles. The maximum atomic E-state index is 12.1. The van der Waals surface area contributed by atoms with Crippen LogP contribution in [-0.2, 0) is 4.74 Å². The van der Waals surface area contributed by atoms with E-state index in [1.807, 2.05) is 37.3 Å². The molecule has 4 heteroatoms. The summed E-state index contributed by atoms with van der Waals surface area (Å²) in [5.41, 5.74) is 5.41. The highest BCUT2D eigenvalue weighted by Gasteiger charge is 2.22. The summed E-state index contributed by atoms with van der Waals surface area (Å²) >= 11 is 0. The van der Waals surface area contributed by atoms with Crippen molar-refractivity contribution < 1.29 is 14.3 Å². The SMILES string of the molecule is CCOC(=O)c1cccc(C=C2C=C(c3cccc(OC)c3)C(CN(C)C)CC2)c1. The van der Waals surface area contributed by atoms with E-state index in [1.54, 1.807) is 13.2 Å². The van der Waals surface area contributed by atoms with Gasteiger partial charge in [0.05, 0.1) is 19.3 Å². The van der Waals surface area contributed by atoms with Gasteiger partial charge < -0.3 is 14.4 Å². The van der Waals surface area contributed by atoms with Gasteiger partial charge in [-0.15, -0.1) is 0 Å². The minimum absolute atomic E-state index is 0.278. The Morgan fingerprint density at radius 2 is 1.97 bits per heavy atom. The molecule has 0 saturated heterocycles. The van der Waals surface area contributed by atoms with Crippen molar-refractivity contribution in [2.45, 2.75) is 19.8 Å². The smallest absolute Gasteiger partial charge is 0.338 e. The number of hydrogen-bond acceptors (Lipinski definition) is 4. The third kappa shape index (κ3) is 5.61. The van der Waals surface area contributed by atoms with Crippen molar-refractivity contribution in [1.29, 1.82) is 0 Å². The maximum Gasteiger partial charge on any atom is 0.338 e. The molecule has 0 fully saturated rings.